The molecule has 31 heavy (non-hydrogen) atoms. The number of hydrogen-bond donors (Lipinski definition) is 5. The molecule has 6 atom stereocenters. The molecular formula is C24H48O7. The lowest BCUT2D eigenvalue weighted by atomic mass is 9.99. The highest BCUT2D eigenvalue weighted by Gasteiger charge is 2.43. The molecule has 6 unspecified atom stereocenters. The van der Waals surface area contributed by atoms with Crippen LogP contribution in [-0.2, 0) is 9.47 Å². The van der Waals surface area contributed by atoms with Crippen molar-refractivity contribution in [2.75, 3.05) is 13.2 Å². The average Bonchev–Trinajstić information content (AvgIpc) is 2.77. The van der Waals surface area contributed by atoms with Gasteiger partial charge in [-0.1, -0.05) is 84.0 Å². The van der Waals surface area contributed by atoms with Crippen LogP contribution < -0.4 is 0 Å². The molecule has 1 rings (SSSR count). The van der Waals surface area contributed by atoms with Gasteiger partial charge < -0.3 is 35.0 Å². The first-order valence-corrected chi connectivity index (χ1v) is 12.6. The molecule has 0 spiro atoms. The van der Waals surface area contributed by atoms with Crippen molar-refractivity contribution in [1.29, 1.82) is 0 Å². The molecule has 0 aliphatic carbocycles. The summed E-state index contributed by atoms with van der Waals surface area (Å²) in [6.07, 6.45) is 11.0. The zero-order valence-electron chi connectivity index (χ0n) is 19.5. The highest BCUT2D eigenvalue weighted by Crippen LogP contribution is 2.22. The molecule has 1 aliphatic rings. The lowest BCUT2D eigenvalue weighted by Gasteiger charge is -2.39. The third-order valence-corrected chi connectivity index (χ3v) is 6.20. The molecule has 5 N–H and O–H groups in total. The van der Waals surface area contributed by atoms with E-state index in [1.54, 1.807) is 0 Å². The number of ether oxygens (including phenoxy) is 2. The van der Waals surface area contributed by atoms with E-state index in [-0.39, 0.29) is 12.7 Å². The second kappa shape index (κ2) is 18.2. The van der Waals surface area contributed by atoms with Gasteiger partial charge in [0.1, 0.15) is 24.4 Å². The van der Waals surface area contributed by atoms with Crippen LogP contribution in [0.25, 0.3) is 0 Å². The van der Waals surface area contributed by atoms with Crippen molar-refractivity contribution in [2.45, 2.75) is 140 Å². The summed E-state index contributed by atoms with van der Waals surface area (Å²) in [6.45, 7) is 2.04. The summed E-state index contributed by atoms with van der Waals surface area (Å²) in [7, 11) is 0. The van der Waals surface area contributed by atoms with Crippen LogP contribution in [-0.4, -0.2) is 75.6 Å². The lowest BCUT2D eigenvalue weighted by molar-refractivity contribution is -0.301. The predicted molar refractivity (Wildman–Crippen MR) is 121 cm³/mol. The van der Waals surface area contributed by atoms with Crippen LogP contribution in [0.5, 0.6) is 0 Å². The van der Waals surface area contributed by atoms with Crippen LogP contribution in [0.15, 0.2) is 0 Å². The van der Waals surface area contributed by atoms with E-state index >= 15 is 0 Å². The van der Waals surface area contributed by atoms with E-state index < -0.39 is 37.3 Å². The van der Waals surface area contributed by atoms with Gasteiger partial charge in [0.05, 0.1) is 12.7 Å². The van der Waals surface area contributed by atoms with E-state index in [0.717, 1.165) is 19.3 Å². The Morgan fingerprint density at radius 2 is 1.23 bits per heavy atom. The first-order valence-electron chi connectivity index (χ1n) is 12.6. The van der Waals surface area contributed by atoms with Gasteiger partial charge in [-0.2, -0.15) is 0 Å². The fourth-order valence-electron chi connectivity index (χ4n) is 4.09. The quantitative estimate of drug-likeness (QED) is 0.193. The molecule has 1 fully saturated rings. The van der Waals surface area contributed by atoms with E-state index in [4.69, 9.17) is 9.47 Å². The maximum atomic E-state index is 10.1. The molecule has 0 saturated carbocycles. The van der Waals surface area contributed by atoms with E-state index in [1.807, 2.05) is 0 Å². The maximum absolute atomic E-state index is 10.1. The molecule has 0 aromatic rings. The van der Waals surface area contributed by atoms with Crippen LogP contribution in [0.1, 0.15) is 103 Å². The highest BCUT2D eigenvalue weighted by atomic mass is 16.7. The van der Waals surface area contributed by atoms with Crippen LogP contribution >= 0.6 is 0 Å². The largest absolute Gasteiger partial charge is 0.394 e. The molecule has 7 heteroatoms. The van der Waals surface area contributed by atoms with Gasteiger partial charge in [-0.15, -0.1) is 0 Å². The van der Waals surface area contributed by atoms with Crippen molar-refractivity contribution in [1.82, 2.24) is 0 Å². The molecule has 0 aromatic carbocycles. The Bertz CT molecular complexity index is 407. The molecule has 1 heterocycles. The van der Waals surface area contributed by atoms with Crippen LogP contribution in [0.3, 0.4) is 0 Å². The monoisotopic (exact) mass is 448 g/mol. The van der Waals surface area contributed by atoms with Crippen molar-refractivity contribution in [3.63, 3.8) is 0 Å². The normalized spacial score (nSPS) is 27.5. The van der Waals surface area contributed by atoms with Crippen LogP contribution in [0.2, 0.25) is 0 Å². The summed E-state index contributed by atoms with van der Waals surface area (Å²) in [4.78, 5) is 0. The highest BCUT2D eigenvalue weighted by molar-refractivity contribution is 4.88. The SMILES string of the molecule is CCCCCCCCCCCCCCC(O)CCCOC1OC(CO)C(O)C(O)C1O. The summed E-state index contributed by atoms with van der Waals surface area (Å²) in [5.74, 6) is 0. The van der Waals surface area contributed by atoms with Gasteiger partial charge >= 0.3 is 0 Å². The van der Waals surface area contributed by atoms with E-state index in [9.17, 15) is 25.5 Å². The first kappa shape index (κ1) is 28.8. The second-order valence-corrected chi connectivity index (χ2v) is 9.04. The Kier molecular flexibility index (Phi) is 16.9. The second-order valence-electron chi connectivity index (χ2n) is 9.04. The van der Waals surface area contributed by atoms with Gasteiger partial charge in [0.15, 0.2) is 6.29 Å². The predicted octanol–water partition coefficient (Wildman–Crippen LogP) is 3.04. The molecule has 7 nitrogen and oxygen atoms in total. The standard InChI is InChI=1S/C24H48O7/c1-2-3-4-5-6-7-8-9-10-11-12-13-15-19(26)16-14-17-30-24-23(29)22(28)21(27)20(18-25)31-24/h19-29H,2-18H2,1H3. The summed E-state index contributed by atoms with van der Waals surface area (Å²) in [6, 6.07) is 0. The van der Waals surface area contributed by atoms with Gasteiger partial charge in [0.25, 0.3) is 0 Å². The summed E-state index contributed by atoms with van der Waals surface area (Å²) < 4.78 is 10.7. The fraction of sp³-hybridized carbons (Fsp3) is 1.00. The Balaban J connectivity index is 1.94. The lowest BCUT2D eigenvalue weighted by Crippen LogP contribution is -2.59. The summed E-state index contributed by atoms with van der Waals surface area (Å²) in [5, 5.41) is 48.7. The minimum Gasteiger partial charge on any atom is -0.394 e. The number of unbranched alkanes of at least 4 members (excludes halogenated alkanes) is 11. The summed E-state index contributed by atoms with van der Waals surface area (Å²) in [5.41, 5.74) is 0. The van der Waals surface area contributed by atoms with Gasteiger partial charge in [0.2, 0.25) is 0 Å². The van der Waals surface area contributed by atoms with Crippen molar-refractivity contribution < 1.29 is 35.0 Å². The number of aliphatic hydroxyl groups is 5. The third-order valence-electron chi connectivity index (χ3n) is 6.20. The molecule has 186 valence electrons. The van der Waals surface area contributed by atoms with Crippen molar-refractivity contribution in [3.8, 4) is 0 Å². The van der Waals surface area contributed by atoms with Crippen molar-refractivity contribution in [2.24, 2.45) is 0 Å². The number of hydrogen-bond acceptors (Lipinski definition) is 7. The molecule has 1 aliphatic heterocycles. The summed E-state index contributed by atoms with van der Waals surface area (Å²) >= 11 is 0. The topological polar surface area (TPSA) is 120 Å². The fourth-order valence-corrected chi connectivity index (χ4v) is 4.09. The van der Waals surface area contributed by atoms with Crippen molar-refractivity contribution in [3.05, 3.63) is 0 Å². The minimum atomic E-state index is -1.42. The molecule has 0 bridgehead atoms. The molecule has 0 amide bonds. The van der Waals surface area contributed by atoms with E-state index in [1.165, 1.54) is 64.2 Å². The van der Waals surface area contributed by atoms with E-state index in [0.29, 0.717) is 12.8 Å². The Hall–Kier alpha value is -0.280. The average molecular weight is 449 g/mol. The third kappa shape index (κ3) is 12.5. The molecule has 0 aromatic heterocycles. The molecule has 1 saturated heterocycles. The Labute approximate surface area is 188 Å². The minimum absolute atomic E-state index is 0.262. The van der Waals surface area contributed by atoms with Gasteiger partial charge in [-0.3, -0.25) is 0 Å². The zero-order chi connectivity index (χ0) is 22.9. The Morgan fingerprint density at radius 3 is 1.77 bits per heavy atom. The molecule has 0 radical (unpaired) electrons. The maximum Gasteiger partial charge on any atom is 0.186 e. The smallest absolute Gasteiger partial charge is 0.186 e. The zero-order valence-corrected chi connectivity index (χ0v) is 19.5. The number of rotatable bonds is 19. The first-order chi connectivity index (χ1) is 15.0. The van der Waals surface area contributed by atoms with E-state index in [2.05, 4.69) is 6.92 Å². The van der Waals surface area contributed by atoms with Gasteiger partial charge in [-0.05, 0) is 19.3 Å². The van der Waals surface area contributed by atoms with Crippen LogP contribution in [0, 0.1) is 0 Å². The van der Waals surface area contributed by atoms with Gasteiger partial charge in [-0.25, -0.2) is 0 Å². The van der Waals surface area contributed by atoms with Gasteiger partial charge in [0, 0.05) is 6.61 Å². The Morgan fingerprint density at radius 1 is 0.710 bits per heavy atom. The molecular weight excluding hydrogens is 400 g/mol. The van der Waals surface area contributed by atoms with Crippen molar-refractivity contribution >= 4 is 0 Å². The van der Waals surface area contributed by atoms with Crippen LogP contribution in [0.4, 0.5) is 0 Å². The number of aliphatic hydroxyl groups excluding tert-OH is 5.